The number of fused-ring (bicyclic) bond motifs is 1. The summed E-state index contributed by atoms with van der Waals surface area (Å²) in [5.41, 5.74) is 7.42. The molecule has 180 valence electrons. The molecule has 0 aromatic heterocycles. The summed E-state index contributed by atoms with van der Waals surface area (Å²) in [5, 5.41) is 8.14. The summed E-state index contributed by atoms with van der Waals surface area (Å²) < 4.78 is 4.83. The van der Waals surface area contributed by atoms with Crippen LogP contribution in [0, 0.1) is 0 Å². The summed E-state index contributed by atoms with van der Waals surface area (Å²) in [7, 11) is 2.69. The zero-order chi connectivity index (χ0) is 24.6. The molecule has 0 spiro atoms. The van der Waals surface area contributed by atoms with E-state index in [0.29, 0.717) is 11.5 Å². The molecule has 6 heteroatoms. The maximum Gasteiger partial charge on any atom is 0.360 e. The summed E-state index contributed by atoms with van der Waals surface area (Å²) in [5.74, 6) is -0.142. The van der Waals surface area contributed by atoms with Gasteiger partial charge in [-0.3, -0.25) is 0 Å². The number of carbonyl (C=O) groups is 1. The van der Waals surface area contributed by atoms with Crippen LogP contribution in [0.25, 0.3) is 0 Å². The standard InChI is InChI=1S/C29H30N2O4/c1-20(30-35-19-24-10-5-7-13-27(24)28(31-34-3)29(32)33-2)21-15-17-23(18-16-21)26-14-8-11-22-9-4-6-12-25(22)26/h4-7,9-10,12-13,15-18,26H,8,11,14,19H2,1-3H3/b30-20+,31-28+. The average molecular weight is 471 g/mol. The molecule has 0 aliphatic heterocycles. The largest absolute Gasteiger partial charge is 0.464 e. The van der Waals surface area contributed by atoms with Crippen LogP contribution in [0.3, 0.4) is 0 Å². The van der Waals surface area contributed by atoms with Crippen LogP contribution in [0.5, 0.6) is 0 Å². The zero-order valence-electron chi connectivity index (χ0n) is 20.4. The first-order chi connectivity index (χ1) is 17.1. The van der Waals surface area contributed by atoms with Crippen molar-refractivity contribution in [2.24, 2.45) is 10.3 Å². The molecule has 0 heterocycles. The highest BCUT2D eigenvalue weighted by Crippen LogP contribution is 2.36. The lowest BCUT2D eigenvalue weighted by Crippen LogP contribution is -2.19. The molecule has 3 aromatic carbocycles. The van der Waals surface area contributed by atoms with Gasteiger partial charge in [0.05, 0.1) is 12.8 Å². The van der Waals surface area contributed by atoms with Crippen LogP contribution in [0.1, 0.15) is 59.1 Å². The van der Waals surface area contributed by atoms with Gasteiger partial charge in [0, 0.05) is 17.0 Å². The minimum absolute atomic E-state index is 0.0785. The van der Waals surface area contributed by atoms with Gasteiger partial charge in [0.25, 0.3) is 0 Å². The third-order valence-electron chi connectivity index (χ3n) is 6.36. The summed E-state index contributed by atoms with van der Waals surface area (Å²) in [4.78, 5) is 22.6. The molecular formula is C29H30N2O4. The molecule has 1 aliphatic carbocycles. The molecule has 1 atom stereocenters. The Hall–Kier alpha value is -3.93. The van der Waals surface area contributed by atoms with Crippen molar-refractivity contribution in [2.75, 3.05) is 14.2 Å². The fourth-order valence-corrected chi connectivity index (χ4v) is 4.57. The van der Waals surface area contributed by atoms with Crippen molar-refractivity contribution in [1.82, 2.24) is 0 Å². The van der Waals surface area contributed by atoms with Gasteiger partial charge in [-0.05, 0) is 48.4 Å². The number of benzene rings is 3. The monoisotopic (exact) mass is 470 g/mol. The van der Waals surface area contributed by atoms with E-state index in [1.807, 2.05) is 25.1 Å². The van der Waals surface area contributed by atoms with E-state index in [1.54, 1.807) is 6.07 Å². The lowest BCUT2D eigenvalue weighted by atomic mass is 9.79. The van der Waals surface area contributed by atoms with Crippen LogP contribution in [0.2, 0.25) is 0 Å². The molecule has 1 aliphatic rings. The Morgan fingerprint density at radius 3 is 2.46 bits per heavy atom. The summed E-state index contributed by atoms with van der Waals surface area (Å²) in [6.45, 7) is 2.09. The maximum atomic E-state index is 12.1. The normalized spacial score (nSPS) is 15.8. The molecule has 1 unspecified atom stereocenters. The molecule has 3 aromatic rings. The highest BCUT2D eigenvalue weighted by Gasteiger charge is 2.21. The summed E-state index contributed by atoms with van der Waals surface area (Å²) in [6.07, 6.45) is 3.55. The topological polar surface area (TPSA) is 69.5 Å². The van der Waals surface area contributed by atoms with Gasteiger partial charge < -0.3 is 14.4 Å². The summed E-state index contributed by atoms with van der Waals surface area (Å²) >= 11 is 0. The number of esters is 1. The number of carbonyl (C=O) groups excluding carboxylic acids is 1. The maximum absolute atomic E-state index is 12.1. The predicted octanol–water partition coefficient (Wildman–Crippen LogP) is 5.62. The third-order valence-corrected chi connectivity index (χ3v) is 6.36. The molecule has 0 saturated carbocycles. The van der Waals surface area contributed by atoms with E-state index in [1.165, 1.54) is 43.8 Å². The lowest BCUT2D eigenvalue weighted by molar-refractivity contribution is -0.132. The first kappa shape index (κ1) is 24.2. The Balaban J connectivity index is 1.46. The number of nitrogens with zero attached hydrogens (tertiary/aromatic N) is 2. The van der Waals surface area contributed by atoms with Crippen LogP contribution >= 0.6 is 0 Å². The SMILES string of the molecule is CO/N=C(/C(=O)OC)c1ccccc1CO/N=C(\C)c1ccc(C2CCCc3ccccc32)cc1. The van der Waals surface area contributed by atoms with Crippen molar-refractivity contribution in [2.45, 2.75) is 38.7 Å². The number of methoxy groups -OCH3 is 1. The quantitative estimate of drug-likeness (QED) is 0.243. The Morgan fingerprint density at radius 1 is 0.943 bits per heavy atom. The minimum Gasteiger partial charge on any atom is -0.464 e. The number of aryl methyl sites for hydroxylation is 1. The second-order valence-electron chi connectivity index (χ2n) is 8.49. The molecule has 0 amide bonds. The van der Waals surface area contributed by atoms with Crippen molar-refractivity contribution in [3.05, 3.63) is 106 Å². The second kappa shape index (κ2) is 11.5. The first-order valence-electron chi connectivity index (χ1n) is 11.7. The molecule has 35 heavy (non-hydrogen) atoms. The highest BCUT2D eigenvalue weighted by molar-refractivity contribution is 6.43. The van der Waals surface area contributed by atoms with Crippen LogP contribution in [-0.2, 0) is 32.2 Å². The Bertz CT molecular complexity index is 1230. The molecular weight excluding hydrogens is 440 g/mol. The van der Waals surface area contributed by atoms with Gasteiger partial charge in [-0.1, -0.05) is 83.1 Å². The second-order valence-corrected chi connectivity index (χ2v) is 8.49. The van der Waals surface area contributed by atoms with E-state index in [-0.39, 0.29) is 12.3 Å². The number of hydrogen-bond donors (Lipinski definition) is 0. The van der Waals surface area contributed by atoms with Gasteiger partial charge in [-0.15, -0.1) is 0 Å². The Morgan fingerprint density at radius 2 is 1.69 bits per heavy atom. The van der Waals surface area contributed by atoms with Crippen LogP contribution in [0.15, 0.2) is 83.1 Å². The Labute approximate surface area is 206 Å². The molecule has 6 nitrogen and oxygen atoms in total. The fourth-order valence-electron chi connectivity index (χ4n) is 4.57. The fraction of sp³-hybridized carbons (Fsp3) is 0.276. The van der Waals surface area contributed by atoms with Gasteiger partial charge >= 0.3 is 5.97 Å². The van der Waals surface area contributed by atoms with Crippen LogP contribution in [0.4, 0.5) is 0 Å². The zero-order valence-corrected chi connectivity index (χ0v) is 20.4. The van der Waals surface area contributed by atoms with Gasteiger partial charge in [0.15, 0.2) is 5.71 Å². The van der Waals surface area contributed by atoms with E-state index < -0.39 is 5.97 Å². The van der Waals surface area contributed by atoms with E-state index in [4.69, 9.17) is 14.4 Å². The highest BCUT2D eigenvalue weighted by atomic mass is 16.6. The van der Waals surface area contributed by atoms with Crippen molar-refractivity contribution < 1.29 is 19.2 Å². The number of ether oxygens (including phenoxy) is 1. The van der Waals surface area contributed by atoms with Crippen molar-refractivity contribution in [3.63, 3.8) is 0 Å². The van der Waals surface area contributed by atoms with Gasteiger partial charge in [-0.2, -0.15) is 0 Å². The van der Waals surface area contributed by atoms with E-state index in [9.17, 15) is 4.79 Å². The number of oxime groups is 2. The van der Waals surface area contributed by atoms with Gasteiger partial charge in [0.1, 0.15) is 13.7 Å². The van der Waals surface area contributed by atoms with Crippen molar-refractivity contribution in [3.8, 4) is 0 Å². The number of hydrogen-bond acceptors (Lipinski definition) is 6. The van der Waals surface area contributed by atoms with Crippen molar-refractivity contribution in [1.29, 1.82) is 0 Å². The van der Waals surface area contributed by atoms with E-state index in [2.05, 4.69) is 58.8 Å². The Kier molecular flexibility index (Phi) is 7.93. The molecule has 0 radical (unpaired) electrons. The molecule has 0 saturated heterocycles. The van der Waals surface area contributed by atoms with Gasteiger partial charge in [0.2, 0.25) is 0 Å². The predicted molar refractivity (Wildman–Crippen MR) is 137 cm³/mol. The smallest absolute Gasteiger partial charge is 0.360 e. The minimum atomic E-state index is -0.584. The van der Waals surface area contributed by atoms with E-state index >= 15 is 0 Å². The first-order valence-corrected chi connectivity index (χ1v) is 11.7. The average Bonchev–Trinajstić information content (AvgIpc) is 2.91. The van der Waals surface area contributed by atoms with Crippen molar-refractivity contribution >= 4 is 17.4 Å². The summed E-state index contributed by atoms with van der Waals surface area (Å²) in [6, 6.07) is 24.7. The number of rotatable bonds is 8. The third kappa shape index (κ3) is 5.60. The van der Waals surface area contributed by atoms with Crippen LogP contribution < -0.4 is 0 Å². The van der Waals surface area contributed by atoms with E-state index in [0.717, 1.165) is 23.3 Å². The molecule has 4 rings (SSSR count). The lowest BCUT2D eigenvalue weighted by Gasteiger charge is -2.26. The van der Waals surface area contributed by atoms with Gasteiger partial charge in [-0.25, -0.2) is 4.79 Å². The molecule has 0 fully saturated rings. The molecule has 0 bridgehead atoms. The molecule has 0 N–H and O–H groups in total. The van der Waals surface area contributed by atoms with Crippen LogP contribution in [-0.4, -0.2) is 31.6 Å².